The van der Waals surface area contributed by atoms with E-state index in [-0.39, 0.29) is 0 Å². The van der Waals surface area contributed by atoms with Gasteiger partial charge in [0.1, 0.15) is 0 Å². The third-order valence-electron chi connectivity index (χ3n) is 1.82. The summed E-state index contributed by atoms with van der Waals surface area (Å²) in [7, 11) is 0. The number of aliphatic hydroxyl groups is 1. The molecule has 0 amide bonds. The lowest BCUT2D eigenvalue weighted by Crippen LogP contribution is -2.04. The third-order valence-corrected chi connectivity index (χ3v) is 1.82. The van der Waals surface area contributed by atoms with E-state index in [0.29, 0.717) is 12.5 Å². The second kappa shape index (κ2) is 7.07. The quantitative estimate of drug-likeness (QED) is 0.605. The highest BCUT2D eigenvalue weighted by Crippen LogP contribution is 2.13. The fourth-order valence-electron chi connectivity index (χ4n) is 1.17. The van der Waals surface area contributed by atoms with E-state index >= 15 is 0 Å². The van der Waals surface area contributed by atoms with Crippen LogP contribution in [0.4, 0.5) is 0 Å². The zero-order chi connectivity index (χ0) is 7.82. The zero-order valence-corrected chi connectivity index (χ0v) is 6.97. The molecule has 0 bridgehead atoms. The average molecular weight is 143 g/mol. The molecule has 1 radical (unpaired) electrons. The molecule has 0 fully saturated rings. The Morgan fingerprint density at radius 1 is 1.40 bits per heavy atom. The first-order valence-electron chi connectivity index (χ1n) is 4.25. The van der Waals surface area contributed by atoms with Gasteiger partial charge in [-0.25, -0.2) is 0 Å². The summed E-state index contributed by atoms with van der Waals surface area (Å²) in [5.41, 5.74) is 0. The van der Waals surface area contributed by atoms with Crippen LogP contribution in [0.5, 0.6) is 0 Å². The molecule has 0 spiro atoms. The summed E-state index contributed by atoms with van der Waals surface area (Å²) in [5.74, 6) is 0.534. The molecule has 0 aromatic carbocycles. The summed E-state index contributed by atoms with van der Waals surface area (Å²) in [5, 5.41) is 8.86. The molecule has 0 heterocycles. The van der Waals surface area contributed by atoms with Crippen molar-refractivity contribution < 1.29 is 5.11 Å². The largest absolute Gasteiger partial charge is 0.396 e. The van der Waals surface area contributed by atoms with Crippen LogP contribution in [0.25, 0.3) is 0 Å². The number of hydrogen-bond donors (Lipinski definition) is 1. The molecule has 1 unspecified atom stereocenters. The van der Waals surface area contributed by atoms with Crippen LogP contribution in [0.1, 0.15) is 39.0 Å². The summed E-state index contributed by atoms with van der Waals surface area (Å²) in [6, 6.07) is 0. The van der Waals surface area contributed by atoms with Gasteiger partial charge in [0.15, 0.2) is 0 Å². The van der Waals surface area contributed by atoms with Gasteiger partial charge in [-0.2, -0.15) is 0 Å². The minimum atomic E-state index is 0.355. The van der Waals surface area contributed by atoms with Crippen LogP contribution >= 0.6 is 0 Å². The highest BCUT2D eigenvalue weighted by molar-refractivity contribution is 4.57. The van der Waals surface area contributed by atoms with Crippen LogP contribution in [0.3, 0.4) is 0 Å². The van der Waals surface area contributed by atoms with Crippen LogP contribution < -0.4 is 0 Å². The molecule has 0 aliphatic carbocycles. The van der Waals surface area contributed by atoms with Gasteiger partial charge in [0.25, 0.3) is 0 Å². The Hall–Kier alpha value is -0.0400. The van der Waals surface area contributed by atoms with Gasteiger partial charge in [0.2, 0.25) is 0 Å². The summed E-state index contributed by atoms with van der Waals surface area (Å²) in [6.07, 6.45) is 5.65. The molecule has 61 valence electrons. The van der Waals surface area contributed by atoms with Gasteiger partial charge < -0.3 is 5.11 Å². The summed E-state index contributed by atoms with van der Waals surface area (Å²) in [4.78, 5) is 0. The van der Waals surface area contributed by atoms with Crippen molar-refractivity contribution in [2.45, 2.75) is 39.0 Å². The lowest BCUT2D eigenvalue weighted by molar-refractivity contribution is 0.208. The van der Waals surface area contributed by atoms with Gasteiger partial charge in [0, 0.05) is 6.61 Å². The molecule has 1 nitrogen and oxygen atoms in total. The Morgan fingerprint density at radius 3 is 2.50 bits per heavy atom. The molecule has 1 N–H and O–H groups in total. The van der Waals surface area contributed by atoms with Crippen molar-refractivity contribution in [2.24, 2.45) is 5.92 Å². The lowest BCUT2D eigenvalue weighted by Gasteiger charge is -2.10. The van der Waals surface area contributed by atoms with E-state index in [1.54, 1.807) is 0 Å². The van der Waals surface area contributed by atoms with Crippen molar-refractivity contribution in [3.8, 4) is 0 Å². The molecule has 1 heteroatoms. The molecule has 0 aromatic rings. The molecule has 0 aliphatic heterocycles. The van der Waals surface area contributed by atoms with Gasteiger partial charge >= 0.3 is 0 Å². The first kappa shape index (κ1) is 9.96. The summed E-state index contributed by atoms with van der Waals surface area (Å²) >= 11 is 0. The first-order chi connectivity index (χ1) is 4.85. The molecule has 10 heavy (non-hydrogen) atoms. The van der Waals surface area contributed by atoms with Gasteiger partial charge in [0.05, 0.1) is 0 Å². The molecule has 0 saturated heterocycles. The molecule has 0 saturated carbocycles. The number of unbranched alkanes of at least 4 members (excludes halogenated alkanes) is 1. The van der Waals surface area contributed by atoms with Crippen molar-refractivity contribution in [3.63, 3.8) is 0 Å². The second-order valence-corrected chi connectivity index (χ2v) is 2.83. The van der Waals surface area contributed by atoms with Gasteiger partial charge in [-0.1, -0.05) is 33.1 Å². The molecule has 1 atom stereocenters. The van der Waals surface area contributed by atoms with Gasteiger partial charge in [-0.15, -0.1) is 0 Å². The monoisotopic (exact) mass is 143 g/mol. The van der Waals surface area contributed by atoms with Gasteiger partial charge in [-0.3, -0.25) is 0 Å². The molecular formula is C9H19O. The van der Waals surface area contributed by atoms with E-state index in [1.165, 1.54) is 6.42 Å². The van der Waals surface area contributed by atoms with E-state index in [0.717, 1.165) is 25.7 Å². The van der Waals surface area contributed by atoms with Crippen molar-refractivity contribution in [3.05, 3.63) is 6.92 Å². The van der Waals surface area contributed by atoms with E-state index < -0.39 is 0 Å². The zero-order valence-electron chi connectivity index (χ0n) is 6.97. The van der Waals surface area contributed by atoms with Crippen molar-refractivity contribution in [1.82, 2.24) is 0 Å². The van der Waals surface area contributed by atoms with Crippen LogP contribution in [-0.4, -0.2) is 11.7 Å². The van der Waals surface area contributed by atoms with Crippen molar-refractivity contribution in [2.75, 3.05) is 6.61 Å². The maximum absolute atomic E-state index is 8.86. The van der Waals surface area contributed by atoms with Crippen LogP contribution in [-0.2, 0) is 0 Å². The molecule has 0 aromatic heterocycles. The topological polar surface area (TPSA) is 20.2 Å². The predicted molar refractivity (Wildman–Crippen MR) is 44.7 cm³/mol. The normalized spacial score (nSPS) is 13.5. The van der Waals surface area contributed by atoms with E-state index in [2.05, 4.69) is 13.8 Å². The Morgan fingerprint density at radius 2 is 2.10 bits per heavy atom. The van der Waals surface area contributed by atoms with Crippen LogP contribution in [0, 0.1) is 12.8 Å². The van der Waals surface area contributed by atoms with Crippen molar-refractivity contribution >= 4 is 0 Å². The molecular weight excluding hydrogens is 124 g/mol. The molecule has 0 rings (SSSR count). The number of rotatable bonds is 6. The third kappa shape index (κ3) is 4.80. The lowest BCUT2D eigenvalue weighted by atomic mass is 9.98. The fourth-order valence-corrected chi connectivity index (χ4v) is 1.17. The van der Waals surface area contributed by atoms with Crippen LogP contribution in [0.2, 0.25) is 0 Å². The van der Waals surface area contributed by atoms with Gasteiger partial charge in [-0.05, 0) is 18.8 Å². The van der Waals surface area contributed by atoms with E-state index in [4.69, 9.17) is 5.11 Å². The minimum Gasteiger partial charge on any atom is -0.396 e. The highest BCUT2D eigenvalue weighted by Gasteiger charge is 2.03. The summed E-state index contributed by atoms with van der Waals surface area (Å²) < 4.78 is 0. The van der Waals surface area contributed by atoms with E-state index in [9.17, 15) is 0 Å². The Bertz CT molecular complexity index is 61.7. The Kier molecular flexibility index (Phi) is 7.04. The SMILES string of the molecule is [CH2]CCCC(CO)CCC. The highest BCUT2D eigenvalue weighted by atomic mass is 16.3. The van der Waals surface area contributed by atoms with Crippen molar-refractivity contribution in [1.29, 1.82) is 0 Å². The predicted octanol–water partition coefficient (Wildman–Crippen LogP) is 2.40. The smallest absolute Gasteiger partial charge is 0.0459 e. The minimum absolute atomic E-state index is 0.355. The average Bonchev–Trinajstić information content (AvgIpc) is 1.98. The standard InChI is InChI=1S/C9H19O/c1-3-5-7-9(8-10)6-4-2/h9-10H,1,3-8H2,2H3. The maximum atomic E-state index is 8.86. The maximum Gasteiger partial charge on any atom is 0.0459 e. The summed E-state index contributed by atoms with van der Waals surface area (Å²) in [6.45, 7) is 6.29. The second-order valence-electron chi connectivity index (χ2n) is 2.83. The molecule has 0 aliphatic rings. The Balaban J connectivity index is 3.21. The van der Waals surface area contributed by atoms with Crippen LogP contribution in [0.15, 0.2) is 0 Å². The Labute approximate surface area is 64.5 Å². The number of hydrogen-bond acceptors (Lipinski definition) is 1. The first-order valence-corrected chi connectivity index (χ1v) is 4.25. The fraction of sp³-hybridized carbons (Fsp3) is 0.889. The van der Waals surface area contributed by atoms with E-state index in [1.807, 2.05) is 0 Å². The number of aliphatic hydroxyl groups excluding tert-OH is 1.